The van der Waals surface area contributed by atoms with Gasteiger partial charge in [0.25, 0.3) is 0 Å². The summed E-state index contributed by atoms with van der Waals surface area (Å²) in [6.45, 7) is 3.78. The molecule has 0 aliphatic rings. The smallest absolute Gasteiger partial charge is 0.407 e. The van der Waals surface area contributed by atoms with Gasteiger partial charge in [0, 0.05) is 13.0 Å². The molecule has 0 aliphatic carbocycles. The number of rotatable bonds is 5. The molecule has 0 aromatic carbocycles. The number of carbonyl (C=O) groups excluding carboxylic acids is 1. The Hall–Kier alpha value is -1.49. The highest BCUT2D eigenvalue weighted by Gasteiger charge is 2.23. The summed E-state index contributed by atoms with van der Waals surface area (Å²) in [6, 6.07) is 3.53. The molecule has 16 heavy (non-hydrogen) atoms. The number of carbonyl (C=O) groups is 1. The van der Waals surface area contributed by atoms with Crippen molar-refractivity contribution in [1.82, 2.24) is 5.32 Å². The second-order valence-corrected chi connectivity index (χ2v) is 3.83. The maximum atomic E-state index is 11.0. The Labute approximate surface area is 94.4 Å². The van der Waals surface area contributed by atoms with Crippen LogP contribution in [-0.2, 0) is 11.2 Å². The number of amides is 1. The third kappa shape index (κ3) is 4.35. The molecule has 2 N–H and O–H groups in total. The fourth-order valence-corrected chi connectivity index (χ4v) is 1.30. The number of nitrogens with one attached hydrogen (secondary N) is 1. The molecule has 0 saturated heterocycles. The molecule has 90 valence electrons. The summed E-state index contributed by atoms with van der Waals surface area (Å²) in [5.41, 5.74) is -1.05. The van der Waals surface area contributed by atoms with Crippen molar-refractivity contribution in [2.75, 3.05) is 13.2 Å². The van der Waals surface area contributed by atoms with E-state index in [1.54, 1.807) is 32.2 Å². The van der Waals surface area contributed by atoms with Gasteiger partial charge in [-0.15, -0.1) is 0 Å². The van der Waals surface area contributed by atoms with Gasteiger partial charge in [0.2, 0.25) is 0 Å². The van der Waals surface area contributed by atoms with Crippen LogP contribution in [0.1, 0.15) is 19.6 Å². The van der Waals surface area contributed by atoms with Crippen molar-refractivity contribution < 1.29 is 19.1 Å². The molecule has 0 saturated carbocycles. The van der Waals surface area contributed by atoms with Gasteiger partial charge in [-0.3, -0.25) is 0 Å². The molecule has 1 heterocycles. The van der Waals surface area contributed by atoms with Crippen LogP contribution in [0.4, 0.5) is 4.79 Å². The van der Waals surface area contributed by atoms with E-state index in [1.807, 2.05) is 0 Å². The van der Waals surface area contributed by atoms with Gasteiger partial charge in [0.05, 0.1) is 18.5 Å². The lowest BCUT2D eigenvalue weighted by Gasteiger charge is -2.22. The van der Waals surface area contributed by atoms with E-state index < -0.39 is 11.7 Å². The fraction of sp³-hybridized carbons (Fsp3) is 0.545. The van der Waals surface area contributed by atoms with Gasteiger partial charge in [0.15, 0.2) is 0 Å². The Morgan fingerprint density at radius 2 is 2.44 bits per heavy atom. The predicted octanol–water partition coefficient (Wildman–Crippen LogP) is 1.32. The van der Waals surface area contributed by atoms with Crippen LogP contribution in [0.25, 0.3) is 0 Å². The molecule has 1 amide bonds. The SMILES string of the molecule is CCOC(=O)NC[C@@](C)(O)Cc1ccco1. The van der Waals surface area contributed by atoms with Crippen molar-refractivity contribution in [1.29, 1.82) is 0 Å². The van der Waals surface area contributed by atoms with Crippen LogP contribution in [0, 0.1) is 0 Å². The van der Waals surface area contributed by atoms with E-state index in [4.69, 9.17) is 4.42 Å². The van der Waals surface area contributed by atoms with Crippen LogP contribution in [-0.4, -0.2) is 30.0 Å². The van der Waals surface area contributed by atoms with Gasteiger partial charge in [-0.25, -0.2) is 4.79 Å². The first-order valence-corrected chi connectivity index (χ1v) is 5.19. The molecule has 0 aliphatic heterocycles. The van der Waals surface area contributed by atoms with Gasteiger partial charge < -0.3 is 19.6 Å². The minimum Gasteiger partial charge on any atom is -0.469 e. The van der Waals surface area contributed by atoms with Gasteiger partial charge in [0.1, 0.15) is 5.76 Å². The first kappa shape index (κ1) is 12.6. The summed E-state index contributed by atoms with van der Waals surface area (Å²) in [5.74, 6) is 0.677. The Bertz CT molecular complexity index is 319. The average molecular weight is 227 g/mol. The third-order valence-electron chi connectivity index (χ3n) is 2.02. The van der Waals surface area contributed by atoms with Gasteiger partial charge in [-0.1, -0.05) is 0 Å². The maximum Gasteiger partial charge on any atom is 0.407 e. The highest BCUT2D eigenvalue weighted by Crippen LogP contribution is 2.12. The molecule has 0 radical (unpaired) electrons. The number of hydrogen-bond donors (Lipinski definition) is 2. The molecule has 0 bridgehead atoms. The molecule has 1 rings (SSSR count). The van der Waals surface area contributed by atoms with Crippen LogP contribution in [0.3, 0.4) is 0 Å². The second-order valence-electron chi connectivity index (χ2n) is 3.83. The highest BCUT2D eigenvalue weighted by atomic mass is 16.5. The number of aliphatic hydroxyl groups is 1. The maximum absolute atomic E-state index is 11.0. The number of alkyl carbamates (subject to hydrolysis) is 1. The minimum atomic E-state index is -1.05. The standard InChI is InChI=1S/C11H17NO4/c1-3-15-10(13)12-8-11(2,14)7-9-5-4-6-16-9/h4-6,14H,3,7-8H2,1-2H3,(H,12,13)/t11-/m0/s1. The number of hydrogen-bond acceptors (Lipinski definition) is 4. The van der Waals surface area contributed by atoms with Crippen molar-refractivity contribution in [3.8, 4) is 0 Å². The third-order valence-corrected chi connectivity index (χ3v) is 2.02. The summed E-state index contributed by atoms with van der Waals surface area (Å²) in [4.78, 5) is 11.0. The van der Waals surface area contributed by atoms with E-state index in [1.165, 1.54) is 0 Å². The molecule has 0 unspecified atom stereocenters. The normalized spacial score (nSPS) is 14.2. The van der Waals surface area contributed by atoms with Crippen LogP contribution in [0.5, 0.6) is 0 Å². The topological polar surface area (TPSA) is 71.7 Å². The Kier molecular flexibility index (Phi) is 4.37. The van der Waals surface area contributed by atoms with E-state index >= 15 is 0 Å². The van der Waals surface area contributed by atoms with Crippen molar-refractivity contribution in [2.24, 2.45) is 0 Å². The predicted molar refractivity (Wildman–Crippen MR) is 58.1 cm³/mol. The summed E-state index contributed by atoms with van der Waals surface area (Å²) >= 11 is 0. The zero-order valence-corrected chi connectivity index (χ0v) is 9.53. The lowest BCUT2D eigenvalue weighted by Crippen LogP contribution is -2.42. The van der Waals surface area contributed by atoms with Crippen molar-refractivity contribution in [3.05, 3.63) is 24.2 Å². The Morgan fingerprint density at radius 1 is 1.69 bits per heavy atom. The zero-order chi connectivity index (χ0) is 12.0. The number of furan rings is 1. The van der Waals surface area contributed by atoms with Gasteiger partial charge in [-0.2, -0.15) is 0 Å². The van der Waals surface area contributed by atoms with Crippen molar-refractivity contribution in [3.63, 3.8) is 0 Å². The first-order chi connectivity index (χ1) is 7.53. The van der Waals surface area contributed by atoms with E-state index in [0.717, 1.165) is 0 Å². The van der Waals surface area contributed by atoms with Crippen LogP contribution >= 0.6 is 0 Å². The molecule has 1 aromatic rings. The molecule has 1 atom stereocenters. The van der Waals surface area contributed by atoms with Crippen LogP contribution in [0.2, 0.25) is 0 Å². The van der Waals surface area contributed by atoms with Crippen LogP contribution < -0.4 is 5.32 Å². The Balaban J connectivity index is 2.36. The van der Waals surface area contributed by atoms with Crippen LogP contribution in [0.15, 0.2) is 22.8 Å². The molecule has 1 aromatic heterocycles. The quantitative estimate of drug-likeness (QED) is 0.795. The van der Waals surface area contributed by atoms with E-state index in [-0.39, 0.29) is 6.54 Å². The summed E-state index contributed by atoms with van der Waals surface area (Å²) in [7, 11) is 0. The monoisotopic (exact) mass is 227 g/mol. The van der Waals surface area contributed by atoms with E-state index in [0.29, 0.717) is 18.8 Å². The molecular formula is C11H17NO4. The molecule has 5 nitrogen and oxygen atoms in total. The van der Waals surface area contributed by atoms with Crippen molar-refractivity contribution in [2.45, 2.75) is 25.9 Å². The van der Waals surface area contributed by atoms with E-state index in [2.05, 4.69) is 10.1 Å². The van der Waals surface area contributed by atoms with E-state index in [9.17, 15) is 9.90 Å². The average Bonchev–Trinajstić information content (AvgIpc) is 2.67. The largest absolute Gasteiger partial charge is 0.469 e. The molecule has 5 heteroatoms. The van der Waals surface area contributed by atoms with Crippen molar-refractivity contribution >= 4 is 6.09 Å². The molecule has 0 fully saturated rings. The molecular weight excluding hydrogens is 210 g/mol. The zero-order valence-electron chi connectivity index (χ0n) is 9.53. The number of ether oxygens (including phenoxy) is 1. The summed E-state index contributed by atoms with van der Waals surface area (Å²) in [5, 5.41) is 12.5. The lowest BCUT2D eigenvalue weighted by atomic mass is 10.0. The summed E-state index contributed by atoms with van der Waals surface area (Å²) in [6.07, 6.45) is 1.36. The van der Waals surface area contributed by atoms with Gasteiger partial charge >= 0.3 is 6.09 Å². The molecule has 0 spiro atoms. The summed E-state index contributed by atoms with van der Waals surface area (Å²) < 4.78 is 9.81. The Morgan fingerprint density at radius 3 is 3.00 bits per heavy atom. The highest BCUT2D eigenvalue weighted by molar-refractivity contribution is 5.67. The fourth-order valence-electron chi connectivity index (χ4n) is 1.30. The minimum absolute atomic E-state index is 0.118. The second kappa shape index (κ2) is 5.55. The first-order valence-electron chi connectivity index (χ1n) is 5.19. The van der Waals surface area contributed by atoms with Gasteiger partial charge in [-0.05, 0) is 26.0 Å². The lowest BCUT2D eigenvalue weighted by molar-refractivity contribution is 0.0522.